The zero-order valence-electron chi connectivity index (χ0n) is 14.0. The second-order valence-electron chi connectivity index (χ2n) is 5.78. The summed E-state index contributed by atoms with van der Waals surface area (Å²) in [4.78, 5) is 16.7. The van der Waals surface area contributed by atoms with E-state index in [9.17, 15) is 4.79 Å². The molecule has 2 aromatic rings. The first-order valence-corrected chi connectivity index (χ1v) is 9.67. The van der Waals surface area contributed by atoms with E-state index in [-0.39, 0.29) is 0 Å². The number of thioether (sulfide) groups is 1. The Kier molecular flexibility index (Phi) is 5.91. The number of carbonyl (C=O) groups excluding carboxylic acids is 1. The zero-order valence-corrected chi connectivity index (χ0v) is 16.3. The molecule has 0 aromatic heterocycles. The van der Waals surface area contributed by atoms with Crippen molar-refractivity contribution in [3.8, 4) is 0 Å². The molecule has 3 N–H and O–H groups in total. The smallest absolute Gasteiger partial charge is 0.248 e. The van der Waals surface area contributed by atoms with Gasteiger partial charge >= 0.3 is 0 Å². The number of halogens is 2. The van der Waals surface area contributed by atoms with E-state index in [1.807, 2.05) is 31.2 Å². The Labute approximate surface area is 166 Å². The molecule has 0 unspecified atom stereocenters. The van der Waals surface area contributed by atoms with Crippen LogP contribution in [0.1, 0.15) is 24.1 Å². The minimum Gasteiger partial charge on any atom is -0.366 e. The summed E-state index contributed by atoms with van der Waals surface area (Å²) in [6.07, 6.45) is 0. The molecule has 0 radical (unpaired) electrons. The van der Waals surface area contributed by atoms with Gasteiger partial charge in [0.1, 0.15) is 6.04 Å². The molecule has 0 saturated heterocycles. The van der Waals surface area contributed by atoms with E-state index in [0.717, 1.165) is 5.75 Å². The van der Waals surface area contributed by atoms with Crippen molar-refractivity contribution in [3.63, 3.8) is 0 Å². The van der Waals surface area contributed by atoms with E-state index in [1.165, 1.54) is 5.56 Å². The molecule has 0 fully saturated rings. The van der Waals surface area contributed by atoms with E-state index in [2.05, 4.69) is 22.4 Å². The van der Waals surface area contributed by atoms with Crippen LogP contribution in [0.5, 0.6) is 0 Å². The third kappa shape index (κ3) is 4.06. The van der Waals surface area contributed by atoms with Gasteiger partial charge in [-0.1, -0.05) is 77.4 Å². The van der Waals surface area contributed by atoms with Gasteiger partial charge in [-0.2, -0.15) is 0 Å². The maximum absolute atomic E-state index is 12.0. The van der Waals surface area contributed by atoms with E-state index in [1.54, 1.807) is 23.9 Å². The fourth-order valence-corrected chi connectivity index (χ4v) is 4.03. The van der Waals surface area contributed by atoms with Crippen LogP contribution < -0.4 is 11.1 Å². The molecule has 1 heterocycles. The molecule has 1 aliphatic rings. The summed E-state index contributed by atoms with van der Waals surface area (Å²) in [5.41, 5.74) is 8.49. The van der Waals surface area contributed by atoms with Gasteiger partial charge in [-0.15, -0.1) is 0 Å². The standard InChI is InChI=1S/C19H17Cl2N3OS/c1-11-15(18(22)25)17(13-8-5-9-14(20)16(13)21)24-19(23-11)26-10-12-6-3-2-4-7-12/h2-9,17H,10H2,1H3,(H2,22,25)(H,23,24)/t17-/m0/s1. The van der Waals surface area contributed by atoms with E-state index in [4.69, 9.17) is 28.9 Å². The quantitative estimate of drug-likeness (QED) is 0.775. The molecule has 7 heteroatoms. The van der Waals surface area contributed by atoms with Crippen molar-refractivity contribution in [3.05, 3.63) is 81.0 Å². The molecule has 26 heavy (non-hydrogen) atoms. The maximum Gasteiger partial charge on any atom is 0.248 e. The predicted molar refractivity (Wildman–Crippen MR) is 109 cm³/mol. The van der Waals surface area contributed by atoms with Crippen molar-refractivity contribution in [1.82, 2.24) is 5.32 Å². The third-order valence-electron chi connectivity index (χ3n) is 3.98. The highest BCUT2D eigenvalue weighted by Gasteiger charge is 2.29. The number of aliphatic imine (C=N–C) groups is 1. The van der Waals surface area contributed by atoms with Crippen LogP contribution in [0.25, 0.3) is 0 Å². The van der Waals surface area contributed by atoms with Gasteiger partial charge in [-0.3, -0.25) is 4.79 Å². The largest absolute Gasteiger partial charge is 0.366 e. The fraction of sp³-hybridized carbons (Fsp3) is 0.158. The lowest BCUT2D eigenvalue weighted by Gasteiger charge is -2.26. The number of hydrogen-bond acceptors (Lipinski definition) is 4. The fourth-order valence-electron chi connectivity index (χ4n) is 2.72. The third-order valence-corrected chi connectivity index (χ3v) is 5.77. The molecule has 4 nitrogen and oxygen atoms in total. The van der Waals surface area contributed by atoms with Gasteiger partial charge in [0.2, 0.25) is 5.91 Å². The lowest BCUT2D eigenvalue weighted by Crippen LogP contribution is -2.32. The van der Waals surface area contributed by atoms with Crippen LogP contribution >= 0.6 is 35.0 Å². The number of benzene rings is 2. The predicted octanol–water partition coefficient (Wildman–Crippen LogP) is 4.69. The lowest BCUT2D eigenvalue weighted by atomic mass is 9.96. The number of carbonyl (C=O) groups is 1. The van der Waals surface area contributed by atoms with Gasteiger partial charge < -0.3 is 11.1 Å². The summed E-state index contributed by atoms with van der Waals surface area (Å²) in [5, 5.41) is 4.67. The maximum atomic E-state index is 12.0. The highest BCUT2D eigenvalue weighted by atomic mass is 35.5. The van der Waals surface area contributed by atoms with Gasteiger partial charge in [0.15, 0.2) is 5.17 Å². The van der Waals surface area contributed by atoms with Crippen molar-refractivity contribution in [1.29, 1.82) is 0 Å². The van der Waals surface area contributed by atoms with Crippen molar-refractivity contribution >= 4 is 46.0 Å². The molecular weight excluding hydrogens is 389 g/mol. The Hall–Kier alpha value is -1.95. The van der Waals surface area contributed by atoms with Gasteiger partial charge in [-0.25, -0.2) is 4.99 Å². The first-order valence-electron chi connectivity index (χ1n) is 7.93. The van der Waals surface area contributed by atoms with Crippen LogP contribution in [-0.4, -0.2) is 11.1 Å². The van der Waals surface area contributed by atoms with E-state index in [0.29, 0.717) is 32.0 Å². The number of amidine groups is 1. The van der Waals surface area contributed by atoms with Gasteiger partial charge in [-0.05, 0) is 18.6 Å². The van der Waals surface area contributed by atoms with Crippen molar-refractivity contribution in [2.24, 2.45) is 10.7 Å². The lowest BCUT2D eigenvalue weighted by molar-refractivity contribution is -0.114. The Morgan fingerprint density at radius 2 is 1.92 bits per heavy atom. The zero-order chi connectivity index (χ0) is 18.7. The van der Waals surface area contributed by atoms with Gasteiger partial charge in [0.25, 0.3) is 0 Å². The molecule has 1 atom stereocenters. The molecule has 0 bridgehead atoms. The first-order chi connectivity index (χ1) is 12.5. The molecular formula is C19H17Cl2N3OS. The second-order valence-corrected chi connectivity index (χ2v) is 7.53. The number of primary amides is 1. The minimum atomic E-state index is -0.585. The Balaban J connectivity index is 1.93. The molecule has 134 valence electrons. The topological polar surface area (TPSA) is 67.5 Å². The van der Waals surface area contributed by atoms with Crippen LogP contribution in [0.15, 0.2) is 64.8 Å². The monoisotopic (exact) mass is 405 g/mol. The Bertz CT molecular complexity index is 897. The average molecular weight is 406 g/mol. The van der Waals surface area contributed by atoms with Gasteiger partial charge in [0, 0.05) is 17.0 Å². The minimum absolute atomic E-state index is 0.378. The number of nitrogens with two attached hydrogens (primary N) is 1. The number of rotatable bonds is 4. The first kappa shape index (κ1) is 18.8. The highest BCUT2D eigenvalue weighted by Crippen LogP contribution is 2.38. The molecule has 1 amide bonds. The SMILES string of the molecule is CC1=C(C(N)=O)[C@H](c2cccc(Cl)c2Cl)N=C(SCc2ccccc2)N1. The van der Waals surface area contributed by atoms with Crippen LogP contribution in [0, 0.1) is 0 Å². The normalized spacial score (nSPS) is 16.9. The summed E-state index contributed by atoms with van der Waals surface area (Å²) in [7, 11) is 0. The number of allylic oxidation sites excluding steroid dienone is 1. The molecule has 0 saturated carbocycles. The Morgan fingerprint density at radius 1 is 1.19 bits per heavy atom. The number of hydrogen-bond donors (Lipinski definition) is 2. The van der Waals surface area contributed by atoms with Gasteiger partial charge in [0.05, 0.1) is 15.6 Å². The second kappa shape index (κ2) is 8.16. The van der Waals surface area contributed by atoms with Crippen LogP contribution in [0.2, 0.25) is 10.0 Å². The number of nitrogens with one attached hydrogen (secondary N) is 1. The number of amides is 1. The van der Waals surface area contributed by atoms with Crippen LogP contribution in [0.3, 0.4) is 0 Å². The summed E-state index contributed by atoms with van der Waals surface area (Å²) >= 11 is 14.1. The van der Waals surface area contributed by atoms with Crippen molar-refractivity contribution in [2.75, 3.05) is 0 Å². The molecule has 0 spiro atoms. The van der Waals surface area contributed by atoms with Crippen molar-refractivity contribution in [2.45, 2.75) is 18.7 Å². The average Bonchev–Trinajstić information content (AvgIpc) is 2.62. The summed E-state index contributed by atoms with van der Waals surface area (Å²) in [6.45, 7) is 1.81. The van der Waals surface area contributed by atoms with E-state index >= 15 is 0 Å². The van der Waals surface area contributed by atoms with E-state index < -0.39 is 11.9 Å². The highest BCUT2D eigenvalue weighted by molar-refractivity contribution is 8.13. The molecule has 0 aliphatic carbocycles. The number of nitrogens with zero attached hydrogens (tertiary/aromatic N) is 1. The van der Waals surface area contributed by atoms with Crippen molar-refractivity contribution < 1.29 is 4.79 Å². The summed E-state index contributed by atoms with van der Waals surface area (Å²) < 4.78 is 0. The van der Waals surface area contributed by atoms with Crippen LogP contribution in [-0.2, 0) is 10.5 Å². The molecule has 1 aliphatic heterocycles. The van der Waals surface area contributed by atoms with Crippen LogP contribution in [0.4, 0.5) is 0 Å². The summed E-state index contributed by atoms with van der Waals surface area (Å²) in [5.74, 6) is 0.217. The Morgan fingerprint density at radius 3 is 2.62 bits per heavy atom. The molecule has 3 rings (SSSR count). The molecule has 2 aromatic carbocycles. The summed E-state index contributed by atoms with van der Waals surface area (Å²) in [6, 6.07) is 14.8.